The van der Waals surface area contributed by atoms with Crippen LogP contribution in [0.5, 0.6) is 0 Å². The maximum absolute atomic E-state index is 12.8. The molecule has 0 radical (unpaired) electrons. The quantitative estimate of drug-likeness (QED) is 0.0262. The van der Waals surface area contributed by atoms with Crippen LogP contribution < -0.4 is 0 Å². The van der Waals surface area contributed by atoms with Gasteiger partial charge in [0.15, 0.2) is 6.10 Å². The Morgan fingerprint density at radius 1 is 0.328 bits per heavy atom. The van der Waals surface area contributed by atoms with E-state index in [0.717, 1.165) is 57.8 Å². The molecular weight excluding hydrogens is 757 g/mol. The van der Waals surface area contributed by atoms with Gasteiger partial charge in [0.1, 0.15) is 13.2 Å². The zero-order valence-corrected chi connectivity index (χ0v) is 40.9. The number of esters is 3. The Hall–Kier alpha value is -2.11. The summed E-state index contributed by atoms with van der Waals surface area (Å²) in [7, 11) is 0. The fourth-order valence-corrected chi connectivity index (χ4v) is 7.91. The second kappa shape index (κ2) is 50.5. The third-order valence-electron chi connectivity index (χ3n) is 12.0. The van der Waals surface area contributed by atoms with Crippen LogP contribution in [-0.2, 0) is 28.6 Å². The van der Waals surface area contributed by atoms with Gasteiger partial charge in [-0.1, -0.05) is 251 Å². The Labute approximate surface area is 379 Å². The lowest BCUT2D eigenvalue weighted by Crippen LogP contribution is -2.30. The van der Waals surface area contributed by atoms with Gasteiger partial charge in [-0.3, -0.25) is 14.4 Å². The number of hydrogen-bond acceptors (Lipinski definition) is 6. The molecule has 0 N–H and O–H groups in total. The van der Waals surface area contributed by atoms with Crippen LogP contribution in [-0.4, -0.2) is 37.2 Å². The number of carbonyl (C=O) groups excluding carboxylic acids is 3. The van der Waals surface area contributed by atoms with Gasteiger partial charge < -0.3 is 14.2 Å². The summed E-state index contributed by atoms with van der Waals surface area (Å²) in [5, 5.41) is 0. The fraction of sp³-hybridized carbons (Fsp3) is 0.873. The summed E-state index contributed by atoms with van der Waals surface area (Å²) in [5.74, 6) is -0.858. The number of hydrogen-bond donors (Lipinski definition) is 0. The molecule has 358 valence electrons. The molecule has 6 heteroatoms. The molecule has 0 aliphatic carbocycles. The van der Waals surface area contributed by atoms with Gasteiger partial charge in [0.05, 0.1) is 0 Å². The van der Waals surface area contributed by atoms with Crippen molar-refractivity contribution in [2.45, 2.75) is 297 Å². The summed E-state index contributed by atoms with van der Waals surface area (Å²) < 4.78 is 16.8. The van der Waals surface area contributed by atoms with Crippen molar-refractivity contribution in [1.82, 2.24) is 0 Å². The van der Waals surface area contributed by atoms with Crippen LogP contribution in [0.1, 0.15) is 290 Å². The predicted molar refractivity (Wildman–Crippen MR) is 261 cm³/mol. The first-order chi connectivity index (χ1) is 30.0. The van der Waals surface area contributed by atoms with Gasteiger partial charge in [-0.05, 0) is 44.9 Å². The van der Waals surface area contributed by atoms with Crippen molar-refractivity contribution in [2.24, 2.45) is 0 Å². The van der Waals surface area contributed by atoms with E-state index >= 15 is 0 Å². The van der Waals surface area contributed by atoms with Gasteiger partial charge in [0, 0.05) is 19.3 Å². The molecule has 6 nitrogen and oxygen atoms in total. The smallest absolute Gasteiger partial charge is 0.306 e. The average Bonchev–Trinajstić information content (AvgIpc) is 3.26. The molecule has 61 heavy (non-hydrogen) atoms. The van der Waals surface area contributed by atoms with Crippen LogP contribution in [0, 0.1) is 0 Å². The molecule has 0 saturated heterocycles. The Balaban J connectivity index is 4.25. The summed E-state index contributed by atoms with van der Waals surface area (Å²) in [5.41, 5.74) is 0. The summed E-state index contributed by atoms with van der Waals surface area (Å²) in [4.78, 5) is 37.9. The van der Waals surface area contributed by atoms with E-state index in [9.17, 15) is 14.4 Å². The van der Waals surface area contributed by atoms with Gasteiger partial charge in [0.2, 0.25) is 0 Å². The van der Waals surface area contributed by atoms with Crippen LogP contribution in [0.2, 0.25) is 0 Å². The van der Waals surface area contributed by atoms with E-state index < -0.39 is 6.10 Å². The summed E-state index contributed by atoms with van der Waals surface area (Å²) in [6, 6.07) is 0. The second-order valence-electron chi connectivity index (χ2n) is 18.2. The van der Waals surface area contributed by atoms with Crippen molar-refractivity contribution in [3.63, 3.8) is 0 Å². The minimum Gasteiger partial charge on any atom is -0.462 e. The van der Waals surface area contributed by atoms with Crippen LogP contribution in [0.3, 0.4) is 0 Å². The van der Waals surface area contributed by atoms with Gasteiger partial charge in [-0.25, -0.2) is 0 Å². The third-order valence-corrected chi connectivity index (χ3v) is 12.0. The molecule has 0 saturated carbocycles. The molecule has 0 bridgehead atoms. The lowest BCUT2D eigenvalue weighted by Gasteiger charge is -2.18. The topological polar surface area (TPSA) is 78.9 Å². The predicted octanol–water partition coefficient (Wildman–Crippen LogP) is 17.5. The van der Waals surface area contributed by atoms with Gasteiger partial charge in [-0.15, -0.1) is 0 Å². The SMILES string of the molecule is CCCCC/C=C\C=C/CCCCCCCCCCCCC(=O)OCC(COC(=O)CCCCCCCCCCC)OC(=O)CCCCCCCCCCCCCCCCC. The molecule has 0 aromatic rings. The zero-order chi connectivity index (χ0) is 44.4. The monoisotopic (exact) mass is 859 g/mol. The molecule has 1 atom stereocenters. The maximum atomic E-state index is 12.8. The average molecular weight is 859 g/mol. The van der Waals surface area contributed by atoms with Crippen molar-refractivity contribution < 1.29 is 28.6 Å². The Morgan fingerprint density at radius 3 is 0.902 bits per heavy atom. The molecule has 0 aromatic heterocycles. The molecular formula is C55H102O6. The molecule has 0 aliphatic rings. The van der Waals surface area contributed by atoms with E-state index in [1.807, 2.05) is 0 Å². The largest absolute Gasteiger partial charge is 0.462 e. The third kappa shape index (κ3) is 48.8. The fourth-order valence-electron chi connectivity index (χ4n) is 7.91. The van der Waals surface area contributed by atoms with E-state index in [2.05, 4.69) is 45.1 Å². The Bertz CT molecular complexity index is 989. The van der Waals surface area contributed by atoms with Crippen LogP contribution >= 0.6 is 0 Å². The van der Waals surface area contributed by atoms with Gasteiger partial charge >= 0.3 is 17.9 Å². The minimum absolute atomic E-state index is 0.0674. The molecule has 0 amide bonds. The van der Waals surface area contributed by atoms with E-state index in [1.54, 1.807) is 0 Å². The molecule has 0 fully saturated rings. The second-order valence-corrected chi connectivity index (χ2v) is 18.2. The number of unbranched alkanes of at least 4 members (excludes halogenated alkanes) is 35. The number of carbonyl (C=O) groups is 3. The van der Waals surface area contributed by atoms with Crippen molar-refractivity contribution >= 4 is 17.9 Å². The first-order valence-corrected chi connectivity index (χ1v) is 26.9. The minimum atomic E-state index is -0.765. The molecule has 0 spiro atoms. The highest BCUT2D eigenvalue weighted by atomic mass is 16.6. The lowest BCUT2D eigenvalue weighted by atomic mass is 10.0. The summed E-state index contributed by atoms with van der Waals surface area (Å²) in [6.45, 7) is 6.62. The van der Waals surface area contributed by atoms with Gasteiger partial charge in [0.25, 0.3) is 0 Å². The Morgan fingerprint density at radius 2 is 0.574 bits per heavy atom. The van der Waals surface area contributed by atoms with E-state index in [1.165, 1.54) is 193 Å². The van der Waals surface area contributed by atoms with Crippen molar-refractivity contribution in [3.05, 3.63) is 24.3 Å². The van der Waals surface area contributed by atoms with Crippen molar-refractivity contribution in [1.29, 1.82) is 0 Å². The van der Waals surface area contributed by atoms with Crippen LogP contribution in [0.15, 0.2) is 24.3 Å². The number of ether oxygens (including phenoxy) is 3. The van der Waals surface area contributed by atoms with Crippen LogP contribution in [0.4, 0.5) is 0 Å². The van der Waals surface area contributed by atoms with Crippen molar-refractivity contribution in [3.8, 4) is 0 Å². The standard InChI is InChI=1S/C55H102O6/c1-4-7-10-13-16-19-21-23-25-26-27-28-30-31-33-36-39-42-45-48-54(57)60-51-52(50-59-53(56)47-44-41-38-35-18-15-12-9-6-3)61-55(58)49-46-43-40-37-34-32-29-24-22-20-17-14-11-8-5-2/h16,19,21,23,52H,4-15,17-18,20,22,24-51H2,1-3H3/b19-16-,23-21-. The lowest BCUT2D eigenvalue weighted by molar-refractivity contribution is -0.167. The summed E-state index contributed by atoms with van der Waals surface area (Å²) >= 11 is 0. The first-order valence-electron chi connectivity index (χ1n) is 26.9. The van der Waals surface area contributed by atoms with E-state index in [4.69, 9.17) is 14.2 Å². The van der Waals surface area contributed by atoms with Crippen LogP contribution in [0.25, 0.3) is 0 Å². The first kappa shape index (κ1) is 58.9. The maximum Gasteiger partial charge on any atom is 0.306 e. The van der Waals surface area contributed by atoms with E-state index in [0.29, 0.717) is 19.3 Å². The highest BCUT2D eigenvalue weighted by Gasteiger charge is 2.19. The number of allylic oxidation sites excluding steroid dienone is 4. The number of rotatable bonds is 49. The molecule has 0 heterocycles. The molecule has 0 aliphatic heterocycles. The molecule has 1 unspecified atom stereocenters. The Kier molecular flexibility index (Phi) is 48.8. The highest BCUT2D eigenvalue weighted by molar-refractivity contribution is 5.71. The van der Waals surface area contributed by atoms with Crippen molar-refractivity contribution in [2.75, 3.05) is 13.2 Å². The van der Waals surface area contributed by atoms with E-state index in [-0.39, 0.29) is 31.1 Å². The molecule has 0 aromatic carbocycles. The summed E-state index contributed by atoms with van der Waals surface area (Å²) in [6.07, 6.45) is 57.3. The van der Waals surface area contributed by atoms with Gasteiger partial charge in [-0.2, -0.15) is 0 Å². The zero-order valence-electron chi connectivity index (χ0n) is 40.9. The molecule has 0 rings (SSSR count). The normalized spacial score (nSPS) is 12.1. The highest BCUT2D eigenvalue weighted by Crippen LogP contribution is 2.16.